The molecule has 1 heterocycles. The SMILES string of the molecule is N#CC(CCl)(OP)N1CCOCC1. The van der Waals surface area contributed by atoms with Crippen molar-refractivity contribution in [2.75, 3.05) is 32.2 Å². The second-order valence-electron chi connectivity index (χ2n) is 2.75. The lowest BCUT2D eigenvalue weighted by Gasteiger charge is -2.37. The minimum atomic E-state index is -1.02. The van der Waals surface area contributed by atoms with E-state index < -0.39 is 5.72 Å². The van der Waals surface area contributed by atoms with Crippen LogP contribution < -0.4 is 0 Å². The zero-order valence-electron chi connectivity index (χ0n) is 7.20. The fourth-order valence-electron chi connectivity index (χ4n) is 1.24. The smallest absolute Gasteiger partial charge is 0.226 e. The van der Waals surface area contributed by atoms with Gasteiger partial charge in [0.05, 0.1) is 19.1 Å². The first kappa shape index (κ1) is 11.2. The highest BCUT2D eigenvalue weighted by molar-refractivity contribution is 7.09. The van der Waals surface area contributed by atoms with Gasteiger partial charge in [0.15, 0.2) is 0 Å². The molecule has 0 amide bonds. The summed E-state index contributed by atoms with van der Waals surface area (Å²) in [6.45, 7) is 2.59. The lowest BCUT2D eigenvalue weighted by molar-refractivity contribution is -0.0675. The monoisotopic (exact) mass is 222 g/mol. The molecule has 1 saturated heterocycles. The standard InChI is InChI=1S/C7H12ClN2O2P/c8-5-7(6-9,12-13)10-1-3-11-4-2-10/h1-5,13H2. The first-order valence-electron chi connectivity index (χ1n) is 3.97. The number of alkyl halides is 1. The molecule has 2 unspecified atom stereocenters. The van der Waals surface area contributed by atoms with E-state index in [9.17, 15) is 0 Å². The van der Waals surface area contributed by atoms with Gasteiger partial charge in [-0.05, 0) is 0 Å². The number of nitriles is 1. The van der Waals surface area contributed by atoms with Crippen molar-refractivity contribution in [3.8, 4) is 6.07 Å². The number of halogens is 1. The van der Waals surface area contributed by atoms with Gasteiger partial charge in [0.1, 0.15) is 6.07 Å². The number of rotatable bonds is 3. The van der Waals surface area contributed by atoms with E-state index in [0.717, 1.165) is 0 Å². The maximum absolute atomic E-state index is 8.97. The molecule has 0 radical (unpaired) electrons. The van der Waals surface area contributed by atoms with Crippen LogP contribution >= 0.6 is 21.1 Å². The maximum atomic E-state index is 8.97. The zero-order valence-corrected chi connectivity index (χ0v) is 9.11. The van der Waals surface area contributed by atoms with Gasteiger partial charge in [-0.1, -0.05) is 0 Å². The Morgan fingerprint density at radius 1 is 1.62 bits per heavy atom. The van der Waals surface area contributed by atoms with Crippen LogP contribution in [-0.2, 0) is 9.26 Å². The molecular formula is C7H12ClN2O2P. The van der Waals surface area contributed by atoms with E-state index >= 15 is 0 Å². The molecule has 0 bridgehead atoms. The molecule has 13 heavy (non-hydrogen) atoms. The molecule has 1 aliphatic rings. The predicted octanol–water partition coefficient (Wildman–Crippen LogP) is 0.584. The molecule has 2 atom stereocenters. The minimum Gasteiger partial charge on any atom is -0.379 e. The Kier molecular flexibility index (Phi) is 4.37. The van der Waals surface area contributed by atoms with Crippen molar-refractivity contribution in [3.63, 3.8) is 0 Å². The van der Waals surface area contributed by atoms with Crippen molar-refractivity contribution in [1.29, 1.82) is 5.26 Å². The van der Waals surface area contributed by atoms with Crippen LogP contribution in [-0.4, -0.2) is 42.8 Å². The van der Waals surface area contributed by atoms with Gasteiger partial charge >= 0.3 is 0 Å². The summed E-state index contributed by atoms with van der Waals surface area (Å²) in [4.78, 5) is 1.89. The van der Waals surface area contributed by atoms with Gasteiger partial charge in [0, 0.05) is 22.6 Å². The largest absolute Gasteiger partial charge is 0.379 e. The Balaban J connectivity index is 2.68. The van der Waals surface area contributed by atoms with Crippen molar-refractivity contribution < 1.29 is 9.26 Å². The van der Waals surface area contributed by atoms with E-state index in [1.165, 1.54) is 0 Å². The Morgan fingerprint density at radius 2 is 2.23 bits per heavy atom. The number of hydrogen-bond acceptors (Lipinski definition) is 4. The van der Waals surface area contributed by atoms with E-state index in [-0.39, 0.29) is 5.88 Å². The summed E-state index contributed by atoms with van der Waals surface area (Å²) >= 11 is 5.71. The van der Waals surface area contributed by atoms with Gasteiger partial charge in [-0.25, -0.2) is 0 Å². The van der Waals surface area contributed by atoms with Crippen LogP contribution in [0.25, 0.3) is 0 Å². The van der Waals surface area contributed by atoms with Gasteiger partial charge in [-0.15, -0.1) is 11.6 Å². The van der Waals surface area contributed by atoms with Gasteiger partial charge < -0.3 is 9.26 Å². The summed E-state index contributed by atoms with van der Waals surface area (Å²) in [5.74, 6) is 0.132. The summed E-state index contributed by atoms with van der Waals surface area (Å²) in [6.07, 6.45) is 0. The summed E-state index contributed by atoms with van der Waals surface area (Å²) in [5, 5.41) is 8.97. The Labute approximate surface area is 85.0 Å². The van der Waals surface area contributed by atoms with Crippen LogP contribution in [0.5, 0.6) is 0 Å². The average molecular weight is 223 g/mol. The molecule has 6 heteroatoms. The fraction of sp³-hybridized carbons (Fsp3) is 0.857. The Hall–Kier alpha value is 0.0900. The average Bonchev–Trinajstić information content (AvgIpc) is 2.23. The molecule has 0 spiro atoms. The number of ether oxygens (including phenoxy) is 1. The van der Waals surface area contributed by atoms with Crippen molar-refractivity contribution in [1.82, 2.24) is 4.90 Å². The first-order valence-corrected chi connectivity index (χ1v) is 4.97. The van der Waals surface area contributed by atoms with Crippen LogP contribution in [0.15, 0.2) is 0 Å². The van der Waals surface area contributed by atoms with Gasteiger partial charge in [-0.3, -0.25) is 4.90 Å². The molecule has 0 aromatic carbocycles. The highest BCUT2D eigenvalue weighted by Gasteiger charge is 2.37. The summed E-state index contributed by atoms with van der Waals surface area (Å²) in [7, 11) is 2.10. The van der Waals surface area contributed by atoms with Gasteiger partial charge in [-0.2, -0.15) is 5.26 Å². The third kappa shape index (κ3) is 2.31. The zero-order chi connectivity index (χ0) is 9.73. The fourth-order valence-corrected chi connectivity index (χ4v) is 1.92. The summed E-state index contributed by atoms with van der Waals surface area (Å²) in [6, 6.07) is 2.08. The third-order valence-corrected chi connectivity index (χ3v) is 2.82. The molecular weight excluding hydrogens is 211 g/mol. The molecule has 1 rings (SSSR count). The highest BCUT2D eigenvalue weighted by atomic mass is 35.5. The molecule has 1 fully saturated rings. The molecule has 0 aromatic heterocycles. The van der Waals surface area contributed by atoms with E-state index in [4.69, 9.17) is 26.1 Å². The van der Waals surface area contributed by atoms with Crippen LogP contribution in [0, 0.1) is 11.3 Å². The molecule has 4 nitrogen and oxygen atoms in total. The molecule has 0 aromatic rings. The van der Waals surface area contributed by atoms with Gasteiger partial charge in [0.2, 0.25) is 5.72 Å². The minimum absolute atomic E-state index is 0.132. The highest BCUT2D eigenvalue weighted by Crippen LogP contribution is 2.22. The molecule has 1 aliphatic heterocycles. The Bertz CT molecular complexity index is 199. The van der Waals surface area contributed by atoms with Crippen LogP contribution in [0.1, 0.15) is 0 Å². The van der Waals surface area contributed by atoms with Crippen LogP contribution in [0.2, 0.25) is 0 Å². The van der Waals surface area contributed by atoms with E-state index in [1.807, 2.05) is 4.90 Å². The van der Waals surface area contributed by atoms with Gasteiger partial charge in [0.25, 0.3) is 0 Å². The quantitative estimate of drug-likeness (QED) is 0.518. The van der Waals surface area contributed by atoms with Crippen LogP contribution in [0.3, 0.4) is 0 Å². The number of hydrogen-bond donors (Lipinski definition) is 0. The van der Waals surface area contributed by atoms with Crippen LogP contribution in [0.4, 0.5) is 0 Å². The van der Waals surface area contributed by atoms with E-state index in [2.05, 4.69) is 15.5 Å². The second-order valence-corrected chi connectivity index (χ2v) is 3.25. The molecule has 74 valence electrons. The van der Waals surface area contributed by atoms with E-state index in [0.29, 0.717) is 26.3 Å². The summed E-state index contributed by atoms with van der Waals surface area (Å²) < 4.78 is 10.2. The number of nitrogens with zero attached hydrogens (tertiary/aromatic N) is 2. The molecule has 0 N–H and O–H groups in total. The normalized spacial score (nSPS) is 23.5. The van der Waals surface area contributed by atoms with Crippen molar-refractivity contribution >= 4 is 21.1 Å². The second kappa shape index (κ2) is 5.09. The molecule has 0 aliphatic carbocycles. The van der Waals surface area contributed by atoms with Crippen molar-refractivity contribution in [3.05, 3.63) is 0 Å². The lowest BCUT2D eigenvalue weighted by Crippen LogP contribution is -2.54. The lowest BCUT2D eigenvalue weighted by atomic mass is 10.2. The third-order valence-electron chi connectivity index (χ3n) is 2.07. The predicted molar refractivity (Wildman–Crippen MR) is 52.3 cm³/mol. The van der Waals surface area contributed by atoms with Crippen molar-refractivity contribution in [2.24, 2.45) is 0 Å². The first-order chi connectivity index (χ1) is 6.29. The van der Waals surface area contributed by atoms with Crippen molar-refractivity contribution in [2.45, 2.75) is 5.72 Å². The van der Waals surface area contributed by atoms with E-state index in [1.54, 1.807) is 0 Å². The summed E-state index contributed by atoms with van der Waals surface area (Å²) in [5.41, 5.74) is -1.02. The molecule has 0 saturated carbocycles. The topological polar surface area (TPSA) is 45.5 Å². The Morgan fingerprint density at radius 3 is 2.62 bits per heavy atom. The maximum Gasteiger partial charge on any atom is 0.226 e. The number of morpholine rings is 1.